The van der Waals surface area contributed by atoms with Crippen LogP contribution in [0.3, 0.4) is 0 Å². The topological polar surface area (TPSA) is 107 Å². The van der Waals surface area contributed by atoms with Crippen molar-refractivity contribution >= 4 is 40.1 Å². The molecule has 140 valence electrons. The van der Waals surface area contributed by atoms with E-state index in [-0.39, 0.29) is 12.5 Å². The summed E-state index contributed by atoms with van der Waals surface area (Å²) in [4.78, 5) is 32.6. The Hall–Kier alpha value is -2.72. The van der Waals surface area contributed by atoms with Crippen LogP contribution < -0.4 is 5.32 Å². The fourth-order valence-corrected chi connectivity index (χ4v) is 3.72. The lowest BCUT2D eigenvalue weighted by atomic mass is 10.2. The summed E-state index contributed by atoms with van der Waals surface area (Å²) in [5, 5.41) is 8.54. The van der Waals surface area contributed by atoms with Crippen LogP contribution in [0.25, 0.3) is 0 Å². The number of aryl methyl sites for hydroxylation is 1. The van der Waals surface area contributed by atoms with Crippen LogP contribution >= 0.6 is 23.1 Å². The van der Waals surface area contributed by atoms with Crippen molar-refractivity contribution in [2.24, 2.45) is 0 Å². The molecule has 8 nitrogen and oxygen atoms in total. The van der Waals surface area contributed by atoms with Gasteiger partial charge in [-0.2, -0.15) is 4.98 Å². The number of rotatable bonds is 7. The summed E-state index contributed by atoms with van der Waals surface area (Å²) in [6.07, 6.45) is 0. The van der Waals surface area contributed by atoms with Crippen LogP contribution in [0.4, 0.5) is 5.13 Å². The van der Waals surface area contributed by atoms with Crippen molar-refractivity contribution in [1.29, 1.82) is 0 Å². The molecule has 0 atom stereocenters. The van der Waals surface area contributed by atoms with Crippen LogP contribution in [0.5, 0.6) is 0 Å². The lowest BCUT2D eigenvalue weighted by molar-refractivity contribution is -0.114. The van der Waals surface area contributed by atoms with E-state index in [0.29, 0.717) is 33.9 Å². The Labute approximate surface area is 163 Å². The van der Waals surface area contributed by atoms with Gasteiger partial charge in [-0.3, -0.25) is 4.79 Å². The van der Waals surface area contributed by atoms with E-state index in [4.69, 9.17) is 9.26 Å². The molecule has 0 aliphatic carbocycles. The number of esters is 1. The molecule has 0 radical (unpaired) electrons. The largest absolute Gasteiger partial charge is 0.456 e. The first kappa shape index (κ1) is 19.1. The Morgan fingerprint density at radius 3 is 2.85 bits per heavy atom. The highest BCUT2D eigenvalue weighted by Gasteiger charge is 2.15. The first-order chi connectivity index (χ1) is 13.0. The number of carbonyl (C=O) groups is 2. The maximum atomic E-state index is 12.5. The Balaban J connectivity index is 1.61. The Morgan fingerprint density at radius 2 is 2.11 bits per heavy atom. The van der Waals surface area contributed by atoms with Crippen LogP contribution in [0.15, 0.2) is 39.1 Å². The average molecular weight is 404 g/mol. The lowest BCUT2D eigenvalue weighted by Gasteiger charge is -2.07. The quantitative estimate of drug-likeness (QED) is 0.471. The van der Waals surface area contributed by atoms with Gasteiger partial charge in [-0.25, -0.2) is 9.78 Å². The van der Waals surface area contributed by atoms with E-state index in [0.717, 1.165) is 4.90 Å². The standard InChI is InChI=1S/C17H16N4O4S2/c1-10-18-15(25-21-10)9-26-14-6-4-3-5-13(14)16(23)24-7-12-8-27-17(20-12)19-11(2)22/h3-6,8H,7,9H2,1-2H3,(H,19,20,22). The monoisotopic (exact) mass is 404 g/mol. The molecular formula is C17H16N4O4S2. The van der Waals surface area contributed by atoms with E-state index in [1.54, 1.807) is 24.4 Å². The molecule has 1 aromatic carbocycles. The fourth-order valence-electron chi connectivity index (χ4n) is 2.10. The summed E-state index contributed by atoms with van der Waals surface area (Å²) in [5.41, 5.74) is 1.03. The van der Waals surface area contributed by atoms with Gasteiger partial charge in [0.15, 0.2) is 11.0 Å². The zero-order valence-corrected chi connectivity index (χ0v) is 16.2. The van der Waals surface area contributed by atoms with Gasteiger partial charge in [0.05, 0.1) is 17.0 Å². The van der Waals surface area contributed by atoms with Crippen LogP contribution in [-0.2, 0) is 21.9 Å². The molecule has 2 heterocycles. The Morgan fingerprint density at radius 1 is 1.30 bits per heavy atom. The van der Waals surface area contributed by atoms with Crippen LogP contribution in [-0.4, -0.2) is 27.0 Å². The maximum absolute atomic E-state index is 12.5. The van der Waals surface area contributed by atoms with Gasteiger partial charge in [0.2, 0.25) is 11.8 Å². The summed E-state index contributed by atoms with van der Waals surface area (Å²) in [6, 6.07) is 7.16. The van der Waals surface area contributed by atoms with E-state index < -0.39 is 5.97 Å². The summed E-state index contributed by atoms with van der Waals surface area (Å²) in [6.45, 7) is 3.18. The second-order valence-corrected chi connectivity index (χ2v) is 7.30. The van der Waals surface area contributed by atoms with Crippen molar-refractivity contribution in [3.63, 3.8) is 0 Å². The number of ether oxygens (including phenoxy) is 1. The van der Waals surface area contributed by atoms with E-state index >= 15 is 0 Å². The molecule has 0 saturated heterocycles. The molecule has 2 aromatic heterocycles. The second kappa shape index (κ2) is 8.78. The Bertz CT molecular complexity index is 954. The van der Waals surface area contributed by atoms with E-state index in [9.17, 15) is 9.59 Å². The third-order valence-electron chi connectivity index (χ3n) is 3.21. The van der Waals surface area contributed by atoms with Gasteiger partial charge in [-0.15, -0.1) is 23.1 Å². The average Bonchev–Trinajstić information content (AvgIpc) is 3.26. The summed E-state index contributed by atoms with van der Waals surface area (Å²) in [7, 11) is 0. The van der Waals surface area contributed by atoms with Crippen molar-refractivity contribution < 1.29 is 18.8 Å². The normalized spacial score (nSPS) is 10.6. The molecule has 0 spiro atoms. The minimum absolute atomic E-state index is 0.0246. The predicted octanol–water partition coefficient (Wildman–Crippen LogP) is 3.44. The number of hydrogen-bond donors (Lipinski definition) is 1. The van der Waals surface area contributed by atoms with E-state index in [1.165, 1.54) is 30.0 Å². The SMILES string of the molecule is CC(=O)Nc1nc(COC(=O)c2ccccc2SCc2nc(C)no2)cs1. The summed E-state index contributed by atoms with van der Waals surface area (Å²) in [5.74, 6) is 0.870. The van der Waals surface area contributed by atoms with Gasteiger partial charge in [0.1, 0.15) is 6.61 Å². The van der Waals surface area contributed by atoms with Gasteiger partial charge in [0.25, 0.3) is 0 Å². The number of thioether (sulfide) groups is 1. The third kappa shape index (κ3) is 5.38. The van der Waals surface area contributed by atoms with Gasteiger partial charge in [-0.1, -0.05) is 17.3 Å². The van der Waals surface area contributed by atoms with Gasteiger partial charge in [0, 0.05) is 17.2 Å². The van der Waals surface area contributed by atoms with Crippen molar-refractivity contribution in [3.8, 4) is 0 Å². The number of aromatic nitrogens is 3. The molecular weight excluding hydrogens is 388 g/mol. The first-order valence-corrected chi connectivity index (χ1v) is 9.78. The number of hydrogen-bond acceptors (Lipinski definition) is 9. The molecule has 0 aliphatic rings. The number of anilines is 1. The second-order valence-electron chi connectivity index (χ2n) is 5.42. The zero-order chi connectivity index (χ0) is 19.2. The zero-order valence-electron chi connectivity index (χ0n) is 14.6. The molecule has 3 rings (SSSR count). The van der Waals surface area contributed by atoms with Crippen molar-refractivity contribution in [2.45, 2.75) is 31.1 Å². The summed E-state index contributed by atoms with van der Waals surface area (Å²) >= 11 is 2.69. The molecule has 0 aliphatic heterocycles. The molecule has 0 unspecified atom stereocenters. The fraction of sp³-hybridized carbons (Fsp3) is 0.235. The minimum atomic E-state index is -0.450. The maximum Gasteiger partial charge on any atom is 0.339 e. The number of benzene rings is 1. The van der Waals surface area contributed by atoms with Gasteiger partial charge >= 0.3 is 5.97 Å². The van der Waals surface area contributed by atoms with Crippen molar-refractivity contribution in [2.75, 3.05) is 5.32 Å². The van der Waals surface area contributed by atoms with Crippen LogP contribution in [0.2, 0.25) is 0 Å². The van der Waals surface area contributed by atoms with Gasteiger partial charge < -0.3 is 14.6 Å². The highest BCUT2D eigenvalue weighted by atomic mass is 32.2. The Kier molecular flexibility index (Phi) is 6.20. The van der Waals surface area contributed by atoms with Crippen LogP contribution in [0, 0.1) is 6.92 Å². The molecule has 10 heteroatoms. The number of carbonyl (C=O) groups excluding carboxylic acids is 2. The number of nitrogens with zero attached hydrogens (tertiary/aromatic N) is 3. The smallest absolute Gasteiger partial charge is 0.339 e. The molecule has 0 fully saturated rings. The molecule has 0 bridgehead atoms. The van der Waals surface area contributed by atoms with E-state index in [1.807, 2.05) is 12.1 Å². The number of thiazole rings is 1. The predicted molar refractivity (Wildman–Crippen MR) is 101 cm³/mol. The first-order valence-electron chi connectivity index (χ1n) is 7.91. The lowest BCUT2D eigenvalue weighted by Crippen LogP contribution is -2.08. The molecule has 0 saturated carbocycles. The highest BCUT2D eigenvalue weighted by molar-refractivity contribution is 7.98. The molecule has 1 amide bonds. The highest BCUT2D eigenvalue weighted by Crippen LogP contribution is 2.26. The molecule has 1 N–H and O–H groups in total. The van der Waals surface area contributed by atoms with Crippen molar-refractivity contribution in [1.82, 2.24) is 15.1 Å². The third-order valence-corrected chi connectivity index (χ3v) is 5.08. The van der Waals surface area contributed by atoms with E-state index in [2.05, 4.69) is 20.4 Å². The number of nitrogens with one attached hydrogen (secondary N) is 1. The number of amides is 1. The van der Waals surface area contributed by atoms with Crippen LogP contribution in [0.1, 0.15) is 34.7 Å². The summed E-state index contributed by atoms with van der Waals surface area (Å²) < 4.78 is 10.4. The minimum Gasteiger partial charge on any atom is -0.456 e. The van der Waals surface area contributed by atoms with Crippen molar-refractivity contribution in [3.05, 3.63) is 52.6 Å². The molecule has 3 aromatic rings. The molecule has 27 heavy (non-hydrogen) atoms. The van der Waals surface area contributed by atoms with Gasteiger partial charge in [-0.05, 0) is 19.1 Å².